The molecule has 0 aromatic heterocycles. The van der Waals surface area contributed by atoms with Crippen LogP contribution in [0.15, 0.2) is 24.3 Å². The van der Waals surface area contributed by atoms with Crippen molar-refractivity contribution in [3.8, 4) is 0 Å². The molecule has 2 N–H and O–H groups in total. The van der Waals surface area contributed by atoms with Gasteiger partial charge in [-0.3, -0.25) is 4.79 Å². The molecule has 0 saturated carbocycles. The van der Waals surface area contributed by atoms with Gasteiger partial charge in [-0.05, 0) is 35.6 Å². The summed E-state index contributed by atoms with van der Waals surface area (Å²) >= 11 is 1.74. The van der Waals surface area contributed by atoms with Crippen molar-refractivity contribution >= 4 is 17.7 Å². The number of hydrogen-bond acceptors (Lipinski definition) is 3. The van der Waals surface area contributed by atoms with Gasteiger partial charge in [-0.1, -0.05) is 38.1 Å². The highest BCUT2D eigenvalue weighted by atomic mass is 32.2. The predicted molar refractivity (Wildman–Crippen MR) is 88.6 cm³/mol. The number of benzene rings is 1. The average molecular weight is 307 g/mol. The third-order valence-corrected chi connectivity index (χ3v) is 4.96. The van der Waals surface area contributed by atoms with Crippen LogP contribution < -0.4 is 5.32 Å². The standard InChI is InChI=1S/C17H25NO2S/c1-13(2)9-14-3-5-15(6-4-14)10-16(19)18-11-17(20)7-8-21-12-17/h3-6,13,20H,7-12H2,1-2H3,(H,18,19). The van der Waals surface area contributed by atoms with Crippen molar-refractivity contribution in [2.45, 2.75) is 38.7 Å². The Morgan fingerprint density at radius 2 is 2.00 bits per heavy atom. The van der Waals surface area contributed by atoms with E-state index >= 15 is 0 Å². The van der Waals surface area contributed by atoms with Crippen molar-refractivity contribution in [1.82, 2.24) is 5.32 Å². The van der Waals surface area contributed by atoms with Crippen LogP contribution in [-0.4, -0.2) is 34.7 Å². The molecular formula is C17H25NO2S. The first-order valence-electron chi connectivity index (χ1n) is 7.61. The van der Waals surface area contributed by atoms with Crippen LogP contribution in [0.1, 0.15) is 31.4 Å². The number of rotatable bonds is 6. The van der Waals surface area contributed by atoms with E-state index in [1.165, 1.54) is 5.56 Å². The van der Waals surface area contributed by atoms with Gasteiger partial charge in [0.15, 0.2) is 0 Å². The van der Waals surface area contributed by atoms with Gasteiger partial charge in [-0.15, -0.1) is 0 Å². The van der Waals surface area contributed by atoms with Crippen molar-refractivity contribution in [2.24, 2.45) is 5.92 Å². The smallest absolute Gasteiger partial charge is 0.224 e. The summed E-state index contributed by atoms with van der Waals surface area (Å²) < 4.78 is 0. The van der Waals surface area contributed by atoms with Crippen molar-refractivity contribution in [3.63, 3.8) is 0 Å². The zero-order valence-corrected chi connectivity index (χ0v) is 13.7. The summed E-state index contributed by atoms with van der Waals surface area (Å²) in [4.78, 5) is 11.9. The summed E-state index contributed by atoms with van der Waals surface area (Å²) in [6.07, 6.45) is 2.21. The van der Waals surface area contributed by atoms with E-state index in [4.69, 9.17) is 0 Å². The summed E-state index contributed by atoms with van der Waals surface area (Å²) in [5.41, 5.74) is 1.63. The molecule has 1 amide bonds. The van der Waals surface area contributed by atoms with E-state index in [2.05, 4.69) is 31.3 Å². The first-order valence-corrected chi connectivity index (χ1v) is 8.77. The molecule has 4 heteroatoms. The molecular weight excluding hydrogens is 282 g/mol. The van der Waals surface area contributed by atoms with E-state index in [-0.39, 0.29) is 5.91 Å². The van der Waals surface area contributed by atoms with Crippen molar-refractivity contribution in [3.05, 3.63) is 35.4 Å². The SMILES string of the molecule is CC(C)Cc1ccc(CC(=O)NCC2(O)CCSC2)cc1. The second-order valence-corrected chi connectivity index (χ2v) is 7.50. The number of amides is 1. The molecule has 1 atom stereocenters. The van der Waals surface area contributed by atoms with E-state index in [9.17, 15) is 9.90 Å². The molecule has 1 aliphatic rings. The number of thioether (sulfide) groups is 1. The molecule has 0 radical (unpaired) electrons. The lowest BCUT2D eigenvalue weighted by Crippen LogP contribution is -2.43. The number of carbonyl (C=O) groups is 1. The molecule has 116 valence electrons. The van der Waals surface area contributed by atoms with Crippen molar-refractivity contribution in [1.29, 1.82) is 0 Å². The molecule has 1 fully saturated rings. The fraction of sp³-hybridized carbons (Fsp3) is 0.588. The summed E-state index contributed by atoms with van der Waals surface area (Å²) in [5, 5.41) is 13.0. The Hall–Kier alpha value is -1.00. The molecule has 0 spiro atoms. The minimum Gasteiger partial charge on any atom is -0.387 e. The lowest BCUT2D eigenvalue weighted by Gasteiger charge is -2.21. The molecule has 21 heavy (non-hydrogen) atoms. The zero-order valence-electron chi connectivity index (χ0n) is 12.9. The highest BCUT2D eigenvalue weighted by Crippen LogP contribution is 2.26. The molecule has 1 aromatic carbocycles. The Bertz CT molecular complexity index is 464. The van der Waals surface area contributed by atoms with Crippen molar-refractivity contribution in [2.75, 3.05) is 18.1 Å². The molecule has 0 aliphatic carbocycles. The van der Waals surface area contributed by atoms with Gasteiger partial charge in [0.25, 0.3) is 0 Å². The van der Waals surface area contributed by atoms with Crippen molar-refractivity contribution < 1.29 is 9.90 Å². The number of aliphatic hydroxyl groups is 1. The monoisotopic (exact) mass is 307 g/mol. The van der Waals surface area contributed by atoms with Crippen LogP contribution in [0.4, 0.5) is 0 Å². The Morgan fingerprint density at radius 1 is 1.33 bits per heavy atom. The van der Waals surface area contributed by atoms with Crippen LogP contribution in [0, 0.1) is 5.92 Å². The van der Waals surface area contributed by atoms with E-state index < -0.39 is 5.60 Å². The van der Waals surface area contributed by atoms with Crippen LogP contribution >= 0.6 is 11.8 Å². The number of nitrogens with one attached hydrogen (secondary N) is 1. The molecule has 1 saturated heterocycles. The normalized spacial score (nSPS) is 21.7. The summed E-state index contributed by atoms with van der Waals surface area (Å²) in [5.74, 6) is 2.32. The fourth-order valence-corrected chi connectivity index (χ4v) is 3.81. The molecule has 2 rings (SSSR count). The number of carbonyl (C=O) groups excluding carboxylic acids is 1. The van der Waals surface area contributed by atoms with Gasteiger partial charge in [0, 0.05) is 12.3 Å². The van der Waals surface area contributed by atoms with Crippen LogP contribution in [0.25, 0.3) is 0 Å². The predicted octanol–water partition coefficient (Wildman–Crippen LogP) is 2.41. The lowest BCUT2D eigenvalue weighted by molar-refractivity contribution is -0.121. The first kappa shape index (κ1) is 16.4. The maximum absolute atomic E-state index is 11.9. The maximum Gasteiger partial charge on any atom is 0.224 e. The van der Waals surface area contributed by atoms with Gasteiger partial charge in [0.1, 0.15) is 0 Å². The second-order valence-electron chi connectivity index (χ2n) is 6.39. The number of hydrogen-bond donors (Lipinski definition) is 2. The fourth-order valence-electron chi connectivity index (χ4n) is 2.51. The zero-order chi connectivity index (χ0) is 15.3. The molecule has 1 aliphatic heterocycles. The van der Waals surface area contributed by atoms with Gasteiger partial charge in [-0.2, -0.15) is 11.8 Å². The van der Waals surface area contributed by atoms with E-state index in [1.54, 1.807) is 11.8 Å². The third-order valence-electron chi connectivity index (χ3n) is 3.73. The molecule has 1 heterocycles. The van der Waals surface area contributed by atoms with Gasteiger partial charge >= 0.3 is 0 Å². The van der Waals surface area contributed by atoms with Crippen LogP contribution in [0.3, 0.4) is 0 Å². The van der Waals surface area contributed by atoms with Crippen LogP contribution in [0.2, 0.25) is 0 Å². The molecule has 1 unspecified atom stereocenters. The minimum absolute atomic E-state index is 0.0167. The Labute approximate surface area is 131 Å². The Morgan fingerprint density at radius 3 is 2.57 bits per heavy atom. The minimum atomic E-state index is -0.707. The van der Waals surface area contributed by atoms with Crippen LogP contribution in [-0.2, 0) is 17.6 Å². The second kappa shape index (κ2) is 7.32. The first-order chi connectivity index (χ1) is 9.97. The molecule has 1 aromatic rings. The Kier molecular flexibility index (Phi) is 5.71. The maximum atomic E-state index is 11.9. The molecule has 0 bridgehead atoms. The lowest BCUT2D eigenvalue weighted by atomic mass is 10.0. The summed E-state index contributed by atoms with van der Waals surface area (Å²) in [7, 11) is 0. The van der Waals surface area contributed by atoms with Gasteiger partial charge in [0.05, 0.1) is 12.0 Å². The van der Waals surface area contributed by atoms with E-state index in [0.29, 0.717) is 18.9 Å². The van der Waals surface area contributed by atoms with Crippen LogP contribution in [0.5, 0.6) is 0 Å². The average Bonchev–Trinajstić information content (AvgIpc) is 2.86. The Balaban J connectivity index is 1.79. The summed E-state index contributed by atoms with van der Waals surface area (Å²) in [6, 6.07) is 8.25. The quantitative estimate of drug-likeness (QED) is 0.848. The highest BCUT2D eigenvalue weighted by molar-refractivity contribution is 7.99. The summed E-state index contributed by atoms with van der Waals surface area (Å²) in [6.45, 7) is 4.77. The third kappa shape index (κ3) is 5.36. The highest BCUT2D eigenvalue weighted by Gasteiger charge is 2.31. The molecule has 3 nitrogen and oxygen atoms in total. The van der Waals surface area contributed by atoms with E-state index in [0.717, 1.165) is 29.9 Å². The van der Waals surface area contributed by atoms with Gasteiger partial charge in [-0.25, -0.2) is 0 Å². The largest absolute Gasteiger partial charge is 0.387 e. The van der Waals surface area contributed by atoms with Gasteiger partial charge < -0.3 is 10.4 Å². The van der Waals surface area contributed by atoms with E-state index in [1.807, 2.05) is 12.1 Å². The topological polar surface area (TPSA) is 49.3 Å². The van der Waals surface area contributed by atoms with Gasteiger partial charge in [0.2, 0.25) is 5.91 Å².